The van der Waals surface area contributed by atoms with Crippen molar-refractivity contribution in [3.05, 3.63) is 72.2 Å². The Hall–Kier alpha value is -3.81. The summed E-state index contributed by atoms with van der Waals surface area (Å²) in [6, 6.07) is 16.6. The number of carbonyl (C=O) groups is 2. The zero-order chi connectivity index (χ0) is 22.1. The molecule has 1 saturated heterocycles. The summed E-state index contributed by atoms with van der Waals surface area (Å²) >= 11 is 0. The van der Waals surface area contributed by atoms with Crippen LogP contribution >= 0.6 is 0 Å². The third kappa shape index (κ3) is 3.79. The number of hydrogen-bond acceptors (Lipinski definition) is 5. The first-order valence-corrected chi connectivity index (χ1v) is 10.4. The van der Waals surface area contributed by atoms with E-state index in [9.17, 15) is 14.0 Å². The number of amides is 2. The number of para-hydroxylation sites is 2. The van der Waals surface area contributed by atoms with Crippen LogP contribution in [0.1, 0.15) is 10.6 Å². The molecule has 164 valence electrons. The Bertz CT molecular complexity index is 1150. The Labute approximate surface area is 183 Å². The van der Waals surface area contributed by atoms with Crippen LogP contribution in [0.15, 0.2) is 65.1 Å². The molecule has 2 aromatic carbocycles. The van der Waals surface area contributed by atoms with E-state index >= 15 is 0 Å². The summed E-state index contributed by atoms with van der Waals surface area (Å²) in [7, 11) is 0. The minimum absolute atomic E-state index is 0.142. The molecule has 32 heavy (non-hydrogen) atoms. The van der Waals surface area contributed by atoms with Gasteiger partial charge >= 0.3 is 0 Å². The third-order valence-electron chi connectivity index (χ3n) is 5.62. The van der Waals surface area contributed by atoms with Gasteiger partial charge in [0, 0.05) is 26.2 Å². The lowest BCUT2D eigenvalue weighted by molar-refractivity contribution is -0.142. The smallest absolute Gasteiger partial charge is 0.289 e. The molecule has 1 atom stereocenters. The van der Waals surface area contributed by atoms with E-state index in [4.69, 9.17) is 13.9 Å². The summed E-state index contributed by atoms with van der Waals surface area (Å²) in [6.07, 6.45) is -0.708. The molecule has 0 N–H and O–H groups in total. The van der Waals surface area contributed by atoms with E-state index < -0.39 is 11.9 Å². The van der Waals surface area contributed by atoms with Gasteiger partial charge in [-0.2, -0.15) is 0 Å². The number of hydrogen-bond donors (Lipinski definition) is 0. The maximum absolute atomic E-state index is 14.0. The van der Waals surface area contributed by atoms with Crippen LogP contribution in [-0.2, 0) is 4.79 Å². The first-order chi connectivity index (χ1) is 15.6. The molecule has 1 fully saturated rings. The van der Waals surface area contributed by atoms with Crippen LogP contribution in [0.25, 0.3) is 11.3 Å². The molecule has 8 heteroatoms. The molecule has 0 bridgehead atoms. The molecule has 2 amide bonds. The Kier molecular flexibility index (Phi) is 5.26. The number of piperazine rings is 1. The van der Waals surface area contributed by atoms with Crippen LogP contribution in [0.5, 0.6) is 11.5 Å². The second kappa shape index (κ2) is 8.37. The van der Waals surface area contributed by atoms with Crippen molar-refractivity contribution in [1.29, 1.82) is 0 Å². The van der Waals surface area contributed by atoms with Crippen LogP contribution in [0.2, 0.25) is 0 Å². The average Bonchev–Trinajstić information content (AvgIpc) is 3.33. The predicted octanol–water partition coefficient (Wildman–Crippen LogP) is 3.21. The molecular weight excluding hydrogens is 415 g/mol. The fraction of sp³-hybridized carbons (Fsp3) is 0.250. The number of halogens is 1. The summed E-state index contributed by atoms with van der Waals surface area (Å²) in [6.45, 7) is 1.65. The highest BCUT2D eigenvalue weighted by Gasteiger charge is 2.34. The summed E-state index contributed by atoms with van der Waals surface area (Å²) in [4.78, 5) is 29.0. The lowest BCUT2D eigenvalue weighted by Gasteiger charge is -2.36. The van der Waals surface area contributed by atoms with Crippen LogP contribution in [0, 0.1) is 5.82 Å². The van der Waals surface area contributed by atoms with Gasteiger partial charge in [-0.25, -0.2) is 4.39 Å². The number of fused-ring (bicyclic) bond motifs is 1. The van der Waals surface area contributed by atoms with Crippen molar-refractivity contribution in [2.75, 3.05) is 32.8 Å². The lowest BCUT2D eigenvalue weighted by Crippen LogP contribution is -2.55. The van der Waals surface area contributed by atoms with Gasteiger partial charge in [-0.1, -0.05) is 24.3 Å². The molecule has 0 aliphatic carbocycles. The summed E-state index contributed by atoms with van der Waals surface area (Å²) < 4.78 is 31.0. The van der Waals surface area contributed by atoms with Gasteiger partial charge in [0.1, 0.15) is 18.2 Å². The van der Waals surface area contributed by atoms with E-state index in [-0.39, 0.29) is 24.2 Å². The maximum Gasteiger partial charge on any atom is 0.289 e. The molecular formula is C24H21FN2O5. The molecule has 2 aliphatic rings. The normalized spacial score (nSPS) is 17.8. The van der Waals surface area contributed by atoms with E-state index in [0.29, 0.717) is 49.0 Å². The lowest BCUT2D eigenvalue weighted by atomic mass is 10.1. The van der Waals surface area contributed by atoms with Gasteiger partial charge in [0.05, 0.1) is 5.56 Å². The van der Waals surface area contributed by atoms with Crippen molar-refractivity contribution in [3.8, 4) is 22.8 Å². The molecule has 7 nitrogen and oxygen atoms in total. The van der Waals surface area contributed by atoms with E-state index in [2.05, 4.69) is 0 Å². The number of nitrogens with zero attached hydrogens (tertiary/aromatic N) is 2. The van der Waals surface area contributed by atoms with E-state index in [1.54, 1.807) is 52.3 Å². The van der Waals surface area contributed by atoms with Gasteiger partial charge in [0.15, 0.2) is 17.3 Å². The van der Waals surface area contributed by atoms with Gasteiger partial charge in [0.2, 0.25) is 6.10 Å². The number of rotatable bonds is 3. The molecule has 1 aromatic heterocycles. The minimum Gasteiger partial charge on any atom is -0.485 e. The van der Waals surface area contributed by atoms with Crippen molar-refractivity contribution in [2.24, 2.45) is 0 Å². The van der Waals surface area contributed by atoms with E-state index in [1.807, 2.05) is 12.1 Å². The second-order valence-corrected chi connectivity index (χ2v) is 7.63. The molecule has 0 spiro atoms. The minimum atomic E-state index is -0.708. The van der Waals surface area contributed by atoms with Gasteiger partial charge in [-0.3, -0.25) is 9.59 Å². The Balaban J connectivity index is 1.19. The summed E-state index contributed by atoms with van der Waals surface area (Å²) in [5.41, 5.74) is 0.304. The Morgan fingerprint density at radius 1 is 0.844 bits per heavy atom. The van der Waals surface area contributed by atoms with Crippen molar-refractivity contribution in [3.63, 3.8) is 0 Å². The van der Waals surface area contributed by atoms with Crippen LogP contribution < -0.4 is 9.47 Å². The van der Waals surface area contributed by atoms with Gasteiger partial charge in [-0.15, -0.1) is 0 Å². The van der Waals surface area contributed by atoms with Gasteiger partial charge in [0.25, 0.3) is 11.8 Å². The number of carbonyl (C=O) groups excluding carboxylic acids is 2. The average molecular weight is 436 g/mol. The van der Waals surface area contributed by atoms with E-state index in [1.165, 1.54) is 6.07 Å². The summed E-state index contributed by atoms with van der Waals surface area (Å²) in [5.74, 6) is 0.759. The predicted molar refractivity (Wildman–Crippen MR) is 113 cm³/mol. The molecule has 0 radical (unpaired) electrons. The number of benzene rings is 2. The molecule has 0 saturated carbocycles. The largest absolute Gasteiger partial charge is 0.485 e. The van der Waals surface area contributed by atoms with Crippen LogP contribution in [0.3, 0.4) is 0 Å². The van der Waals surface area contributed by atoms with Crippen LogP contribution in [-0.4, -0.2) is 60.5 Å². The first-order valence-electron chi connectivity index (χ1n) is 10.4. The van der Waals surface area contributed by atoms with Crippen molar-refractivity contribution in [2.45, 2.75) is 6.10 Å². The van der Waals surface area contributed by atoms with Crippen molar-refractivity contribution in [1.82, 2.24) is 9.80 Å². The topological polar surface area (TPSA) is 72.2 Å². The Morgan fingerprint density at radius 2 is 1.53 bits per heavy atom. The highest BCUT2D eigenvalue weighted by molar-refractivity contribution is 5.92. The number of ether oxygens (including phenoxy) is 2. The van der Waals surface area contributed by atoms with Crippen molar-refractivity contribution >= 4 is 11.8 Å². The molecule has 3 heterocycles. The maximum atomic E-state index is 14.0. The SMILES string of the molecule is O=C(c1ccc(-c2ccccc2F)o1)N1CCN(C(=O)[C@@H]2COc3ccccc3O2)CC1. The Morgan fingerprint density at radius 3 is 2.31 bits per heavy atom. The van der Waals surface area contributed by atoms with Gasteiger partial charge < -0.3 is 23.7 Å². The van der Waals surface area contributed by atoms with Crippen molar-refractivity contribution < 1.29 is 27.9 Å². The standard InChI is InChI=1S/C24H21FN2O5/c25-17-6-2-1-5-16(17)18-9-10-21(31-18)23(28)26-11-13-27(14-12-26)24(29)22-15-30-19-7-3-4-8-20(19)32-22/h1-10,22H,11-15H2/t22-/m0/s1. The highest BCUT2D eigenvalue weighted by atomic mass is 19.1. The molecule has 2 aliphatic heterocycles. The quantitative estimate of drug-likeness (QED) is 0.631. The molecule has 3 aromatic rings. The fourth-order valence-corrected chi connectivity index (χ4v) is 3.89. The number of furan rings is 1. The van der Waals surface area contributed by atoms with Gasteiger partial charge in [-0.05, 0) is 36.4 Å². The van der Waals surface area contributed by atoms with E-state index in [0.717, 1.165) is 0 Å². The second-order valence-electron chi connectivity index (χ2n) is 7.63. The highest BCUT2D eigenvalue weighted by Crippen LogP contribution is 2.31. The molecule has 5 rings (SSSR count). The fourth-order valence-electron chi connectivity index (χ4n) is 3.89. The zero-order valence-corrected chi connectivity index (χ0v) is 17.2. The zero-order valence-electron chi connectivity index (χ0n) is 17.2. The monoisotopic (exact) mass is 436 g/mol. The van der Waals surface area contributed by atoms with Crippen LogP contribution in [0.4, 0.5) is 4.39 Å². The molecule has 0 unspecified atom stereocenters. The summed E-state index contributed by atoms with van der Waals surface area (Å²) in [5, 5.41) is 0. The first kappa shape index (κ1) is 20.1. The third-order valence-corrected chi connectivity index (χ3v) is 5.62.